The highest BCUT2D eigenvalue weighted by molar-refractivity contribution is 7.82. The lowest BCUT2D eigenvalue weighted by atomic mass is 9.86. The molecule has 0 aromatic carbocycles. The first kappa shape index (κ1) is 32.9. The molecule has 1 aliphatic carbocycles. The molecule has 0 amide bonds. The van der Waals surface area contributed by atoms with E-state index in [-0.39, 0.29) is 11.8 Å². The van der Waals surface area contributed by atoms with E-state index in [0.29, 0.717) is 11.8 Å². The lowest BCUT2D eigenvalue weighted by Gasteiger charge is -2.35. The summed E-state index contributed by atoms with van der Waals surface area (Å²) >= 11 is 12.4. The Morgan fingerprint density at radius 1 is 0.730 bits per heavy atom. The minimum absolute atomic E-state index is 0.0281. The second kappa shape index (κ2) is 18.9. The molecule has 37 heavy (non-hydrogen) atoms. The highest BCUT2D eigenvalue weighted by Crippen LogP contribution is 2.33. The van der Waals surface area contributed by atoms with Gasteiger partial charge >= 0.3 is 0 Å². The van der Waals surface area contributed by atoms with E-state index >= 15 is 0 Å². The molecule has 1 heterocycles. The molecule has 0 aromatic rings. The van der Waals surface area contributed by atoms with Crippen LogP contribution in [0.25, 0.3) is 0 Å². The molecule has 6 heteroatoms. The quantitative estimate of drug-likeness (QED) is 0.140. The van der Waals surface area contributed by atoms with E-state index in [9.17, 15) is 0 Å². The molecular formula is C31H60N4S2. The van der Waals surface area contributed by atoms with Gasteiger partial charge in [-0.1, -0.05) is 136 Å². The average molecular weight is 553 g/mol. The zero-order valence-corrected chi connectivity index (χ0v) is 26.5. The van der Waals surface area contributed by atoms with E-state index in [4.69, 9.17) is 24.4 Å². The van der Waals surface area contributed by atoms with Crippen molar-refractivity contribution >= 4 is 34.5 Å². The van der Waals surface area contributed by atoms with Gasteiger partial charge in [-0.25, -0.2) is 0 Å². The van der Waals surface area contributed by atoms with Crippen molar-refractivity contribution in [3.8, 4) is 0 Å². The molecule has 2 unspecified atom stereocenters. The molecule has 2 fully saturated rings. The first-order chi connectivity index (χ1) is 18.0. The molecule has 1 aliphatic heterocycles. The SMILES string of the molecule is CCCCC(CC)CNC(NCC(CC)CCCC)N1C(=S)NC2(CCCCCCCCCCC2)C1=S. The lowest BCUT2D eigenvalue weighted by Crippen LogP contribution is -2.59. The third kappa shape index (κ3) is 11.0. The average Bonchev–Trinajstić information content (AvgIpc) is 3.14. The van der Waals surface area contributed by atoms with Gasteiger partial charge in [0.2, 0.25) is 0 Å². The normalized spacial score (nSPS) is 21.8. The van der Waals surface area contributed by atoms with Crippen molar-refractivity contribution in [1.82, 2.24) is 20.9 Å². The number of hydrogen-bond acceptors (Lipinski definition) is 4. The van der Waals surface area contributed by atoms with E-state index in [0.717, 1.165) is 36.0 Å². The summed E-state index contributed by atoms with van der Waals surface area (Å²) in [6.45, 7) is 11.3. The van der Waals surface area contributed by atoms with Gasteiger partial charge < -0.3 is 5.32 Å². The van der Waals surface area contributed by atoms with Crippen LogP contribution in [0.4, 0.5) is 0 Å². The van der Waals surface area contributed by atoms with Crippen LogP contribution in [0.1, 0.15) is 150 Å². The smallest absolute Gasteiger partial charge is 0.177 e. The van der Waals surface area contributed by atoms with Crippen molar-refractivity contribution in [2.24, 2.45) is 11.8 Å². The highest BCUT2D eigenvalue weighted by Gasteiger charge is 2.47. The fourth-order valence-electron chi connectivity index (χ4n) is 6.13. The molecule has 0 aromatic heterocycles. The standard InChI is InChI=1S/C31H60N4S2/c1-5-9-20-26(7-3)24-32-29(33-25-27(8-4)21-10-6-2)35-28(36)31(34-30(35)37)22-18-16-14-12-11-13-15-17-19-23-31/h26-27,29,32-33H,5-25H2,1-4H3,(H,34,37). The Morgan fingerprint density at radius 2 is 1.16 bits per heavy atom. The molecule has 4 nitrogen and oxygen atoms in total. The van der Waals surface area contributed by atoms with E-state index in [1.54, 1.807) is 0 Å². The molecule has 3 N–H and O–H groups in total. The van der Waals surface area contributed by atoms with Crippen LogP contribution in [0.3, 0.4) is 0 Å². The van der Waals surface area contributed by atoms with Crippen LogP contribution >= 0.6 is 24.4 Å². The summed E-state index contributed by atoms with van der Waals surface area (Å²) in [5.41, 5.74) is -0.147. The first-order valence-corrected chi connectivity index (χ1v) is 16.9. The van der Waals surface area contributed by atoms with Crippen molar-refractivity contribution in [2.45, 2.75) is 162 Å². The summed E-state index contributed by atoms with van der Waals surface area (Å²) < 4.78 is 0. The number of rotatable bonds is 15. The number of unbranched alkanes of at least 4 members (excludes halogenated alkanes) is 2. The largest absolute Gasteiger partial charge is 0.350 e. The third-order valence-corrected chi connectivity index (χ3v) is 9.83. The number of hydrogen-bond donors (Lipinski definition) is 3. The first-order valence-electron chi connectivity index (χ1n) is 16.1. The molecule has 0 radical (unpaired) electrons. The van der Waals surface area contributed by atoms with Crippen molar-refractivity contribution < 1.29 is 0 Å². The fraction of sp³-hybridized carbons (Fsp3) is 0.935. The Labute approximate surface area is 241 Å². The minimum Gasteiger partial charge on any atom is -0.350 e. The highest BCUT2D eigenvalue weighted by atomic mass is 32.1. The summed E-state index contributed by atoms with van der Waals surface area (Å²) in [5.74, 6) is 1.39. The molecular weight excluding hydrogens is 493 g/mol. The van der Waals surface area contributed by atoms with Crippen molar-refractivity contribution in [2.75, 3.05) is 13.1 Å². The van der Waals surface area contributed by atoms with E-state index in [1.807, 2.05) is 0 Å². The number of thiocarbonyl (C=S) groups is 2. The van der Waals surface area contributed by atoms with Crippen LogP contribution in [0.15, 0.2) is 0 Å². The monoisotopic (exact) mass is 552 g/mol. The van der Waals surface area contributed by atoms with Gasteiger partial charge in [0, 0.05) is 13.1 Å². The molecule has 1 saturated carbocycles. The molecule has 2 atom stereocenters. The Kier molecular flexibility index (Phi) is 16.8. The maximum atomic E-state index is 6.32. The van der Waals surface area contributed by atoms with Crippen LogP contribution in [0, 0.1) is 11.8 Å². The second-order valence-electron chi connectivity index (χ2n) is 11.9. The van der Waals surface area contributed by atoms with E-state index in [1.165, 1.54) is 109 Å². The fourth-order valence-corrected chi connectivity index (χ4v) is 7.03. The topological polar surface area (TPSA) is 39.3 Å². The molecule has 2 rings (SSSR count). The Balaban J connectivity index is 2.17. The van der Waals surface area contributed by atoms with Crippen molar-refractivity contribution in [1.29, 1.82) is 0 Å². The van der Waals surface area contributed by atoms with Crippen LogP contribution in [-0.2, 0) is 0 Å². The zero-order chi connectivity index (χ0) is 26.9. The minimum atomic E-state index is -0.147. The van der Waals surface area contributed by atoms with Gasteiger partial charge in [0.25, 0.3) is 0 Å². The van der Waals surface area contributed by atoms with Gasteiger partial charge in [-0.2, -0.15) is 0 Å². The summed E-state index contributed by atoms with van der Waals surface area (Å²) in [5, 5.41) is 12.5. The van der Waals surface area contributed by atoms with Gasteiger partial charge in [-0.05, 0) is 49.7 Å². The Bertz CT molecular complexity index is 609. The Morgan fingerprint density at radius 3 is 1.57 bits per heavy atom. The number of nitrogens with one attached hydrogen (secondary N) is 3. The zero-order valence-electron chi connectivity index (χ0n) is 24.8. The lowest BCUT2D eigenvalue weighted by molar-refractivity contribution is 0.254. The molecule has 0 bridgehead atoms. The van der Waals surface area contributed by atoms with Crippen LogP contribution < -0.4 is 16.0 Å². The summed E-state index contributed by atoms with van der Waals surface area (Å²) in [6, 6.07) is 0. The van der Waals surface area contributed by atoms with Gasteiger partial charge in [0.05, 0.1) is 5.54 Å². The van der Waals surface area contributed by atoms with Crippen molar-refractivity contribution in [3.63, 3.8) is 0 Å². The molecule has 1 saturated heterocycles. The van der Waals surface area contributed by atoms with Gasteiger partial charge in [0.1, 0.15) is 11.3 Å². The summed E-state index contributed by atoms with van der Waals surface area (Å²) in [7, 11) is 0. The summed E-state index contributed by atoms with van der Waals surface area (Å²) in [4.78, 5) is 3.29. The maximum absolute atomic E-state index is 6.32. The molecule has 1 spiro atoms. The van der Waals surface area contributed by atoms with Crippen LogP contribution in [-0.4, -0.2) is 39.9 Å². The van der Waals surface area contributed by atoms with Crippen LogP contribution in [0.5, 0.6) is 0 Å². The van der Waals surface area contributed by atoms with E-state index < -0.39 is 0 Å². The summed E-state index contributed by atoms with van der Waals surface area (Å²) in [6.07, 6.45) is 24.3. The van der Waals surface area contributed by atoms with Crippen LogP contribution in [0.2, 0.25) is 0 Å². The van der Waals surface area contributed by atoms with Gasteiger partial charge in [0.15, 0.2) is 5.11 Å². The predicted molar refractivity (Wildman–Crippen MR) is 170 cm³/mol. The van der Waals surface area contributed by atoms with Crippen molar-refractivity contribution in [3.05, 3.63) is 0 Å². The maximum Gasteiger partial charge on any atom is 0.177 e. The molecule has 216 valence electrons. The molecule has 2 aliphatic rings. The third-order valence-electron chi connectivity index (χ3n) is 8.94. The van der Waals surface area contributed by atoms with E-state index in [2.05, 4.69) is 48.5 Å². The van der Waals surface area contributed by atoms with Gasteiger partial charge in [-0.3, -0.25) is 15.5 Å². The van der Waals surface area contributed by atoms with Gasteiger partial charge in [-0.15, -0.1) is 0 Å². The Hall–Kier alpha value is -0.300. The number of nitrogens with zero attached hydrogens (tertiary/aromatic N) is 1. The second-order valence-corrected chi connectivity index (χ2v) is 12.7. The predicted octanol–water partition coefficient (Wildman–Crippen LogP) is 8.44.